The van der Waals surface area contributed by atoms with E-state index in [-0.39, 0.29) is 18.3 Å². The SMILES string of the molecule is CCCC(C)(O)CNc1cc(C(F)(F)F)nc(NC)n1. The van der Waals surface area contributed by atoms with Gasteiger partial charge >= 0.3 is 6.18 Å². The molecule has 0 aromatic carbocycles. The molecule has 0 saturated heterocycles. The average Bonchev–Trinajstić information content (AvgIpc) is 2.35. The number of aliphatic hydroxyl groups is 1. The van der Waals surface area contributed by atoms with Gasteiger partial charge in [0.2, 0.25) is 5.95 Å². The fourth-order valence-electron chi connectivity index (χ4n) is 1.70. The molecule has 0 radical (unpaired) electrons. The Labute approximate surface area is 115 Å². The van der Waals surface area contributed by atoms with Crippen molar-refractivity contribution in [1.82, 2.24) is 9.97 Å². The molecule has 0 spiro atoms. The molecule has 114 valence electrons. The first-order valence-corrected chi connectivity index (χ1v) is 6.28. The van der Waals surface area contributed by atoms with Crippen LogP contribution in [0.1, 0.15) is 32.4 Å². The summed E-state index contributed by atoms with van der Waals surface area (Å²) >= 11 is 0. The topological polar surface area (TPSA) is 70.1 Å². The summed E-state index contributed by atoms with van der Waals surface area (Å²) in [6, 6.07) is 0.822. The first kappa shape index (κ1) is 16.5. The molecule has 1 aromatic heterocycles. The summed E-state index contributed by atoms with van der Waals surface area (Å²) in [6.45, 7) is 3.65. The molecule has 0 aliphatic carbocycles. The lowest BCUT2D eigenvalue weighted by Gasteiger charge is -2.23. The van der Waals surface area contributed by atoms with Crippen LogP contribution in [-0.4, -0.2) is 34.3 Å². The van der Waals surface area contributed by atoms with Crippen LogP contribution in [0.2, 0.25) is 0 Å². The van der Waals surface area contributed by atoms with Crippen LogP contribution in [0.4, 0.5) is 24.9 Å². The number of hydrogen-bond donors (Lipinski definition) is 3. The van der Waals surface area contributed by atoms with E-state index in [2.05, 4.69) is 20.6 Å². The number of nitrogens with zero attached hydrogens (tertiary/aromatic N) is 2. The van der Waals surface area contributed by atoms with Gasteiger partial charge in [0.25, 0.3) is 0 Å². The minimum absolute atomic E-state index is 0.0213. The van der Waals surface area contributed by atoms with E-state index in [1.807, 2.05) is 6.92 Å². The Balaban J connectivity index is 2.90. The zero-order valence-electron chi connectivity index (χ0n) is 11.7. The summed E-state index contributed by atoms with van der Waals surface area (Å²) in [4.78, 5) is 7.24. The fourth-order valence-corrected chi connectivity index (χ4v) is 1.70. The highest BCUT2D eigenvalue weighted by Gasteiger charge is 2.33. The Kier molecular flexibility index (Phi) is 5.15. The first-order chi connectivity index (χ1) is 9.18. The van der Waals surface area contributed by atoms with Crippen molar-refractivity contribution in [2.24, 2.45) is 0 Å². The molecule has 0 fully saturated rings. The zero-order chi connectivity index (χ0) is 15.4. The maximum absolute atomic E-state index is 12.7. The van der Waals surface area contributed by atoms with Gasteiger partial charge in [0.15, 0.2) is 5.69 Å². The van der Waals surface area contributed by atoms with Crippen molar-refractivity contribution in [2.45, 2.75) is 38.5 Å². The van der Waals surface area contributed by atoms with Gasteiger partial charge in [-0.3, -0.25) is 0 Å². The van der Waals surface area contributed by atoms with Crippen molar-refractivity contribution in [2.75, 3.05) is 24.2 Å². The second kappa shape index (κ2) is 6.25. The lowest BCUT2D eigenvalue weighted by Crippen LogP contribution is -2.33. The molecule has 8 heteroatoms. The number of alkyl halides is 3. The Bertz CT molecular complexity index is 449. The monoisotopic (exact) mass is 292 g/mol. The summed E-state index contributed by atoms with van der Waals surface area (Å²) in [5.41, 5.74) is -2.03. The van der Waals surface area contributed by atoms with Gasteiger partial charge in [0.1, 0.15) is 5.82 Å². The quantitative estimate of drug-likeness (QED) is 0.751. The molecule has 1 rings (SSSR count). The molecule has 3 N–H and O–H groups in total. The van der Waals surface area contributed by atoms with Crippen LogP contribution in [0.15, 0.2) is 6.07 Å². The Morgan fingerprint density at radius 2 is 1.95 bits per heavy atom. The van der Waals surface area contributed by atoms with Crippen molar-refractivity contribution < 1.29 is 18.3 Å². The van der Waals surface area contributed by atoms with E-state index in [0.717, 1.165) is 12.5 Å². The molecule has 0 bridgehead atoms. The molecule has 0 saturated carbocycles. The Morgan fingerprint density at radius 3 is 2.45 bits per heavy atom. The van der Waals surface area contributed by atoms with E-state index in [1.165, 1.54) is 7.05 Å². The third kappa shape index (κ3) is 4.84. The first-order valence-electron chi connectivity index (χ1n) is 6.28. The highest BCUT2D eigenvalue weighted by atomic mass is 19.4. The maximum atomic E-state index is 12.7. The Hall–Kier alpha value is -1.57. The molecule has 20 heavy (non-hydrogen) atoms. The second-order valence-electron chi connectivity index (χ2n) is 4.81. The van der Waals surface area contributed by atoms with Crippen LogP contribution in [0.5, 0.6) is 0 Å². The summed E-state index contributed by atoms with van der Waals surface area (Å²) in [7, 11) is 1.44. The van der Waals surface area contributed by atoms with Crippen LogP contribution in [-0.2, 0) is 6.18 Å². The number of nitrogens with one attached hydrogen (secondary N) is 2. The van der Waals surface area contributed by atoms with Crippen LogP contribution in [0, 0.1) is 0 Å². The molecule has 1 aromatic rings. The predicted octanol–water partition coefficient (Wildman–Crippen LogP) is 2.50. The zero-order valence-corrected chi connectivity index (χ0v) is 11.7. The average molecular weight is 292 g/mol. The van der Waals surface area contributed by atoms with Crippen LogP contribution in [0.3, 0.4) is 0 Å². The molecule has 5 nitrogen and oxygen atoms in total. The number of anilines is 2. The van der Waals surface area contributed by atoms with E-state index in [9.17, 15) is 18.3 Å². The third-order valence-electron chi connectivity index (χ3n) is 2.68. The number of halogens is 3. The van der Waals surface area contributed by atoms with Crippen molar-refractivity contribution in [3.05, 3.63) is 11.8 Å². The smallest absolute Gasteiger partial charge is 0.388 e. The fraction of sp³-hybridized carbons (Fsp3) is 0.667. The minimum atomic E-state index is -4.54. The molecular formula is C12H19F3N4O. The molecule has 0 aliphatic rings. The summed E-state index contributed by atoms with van der Waals surface area (Å²) in [5, 5.41) is 15.2. The highest BCUT2D eigenvalue weighted by Crippen LogP contribution is 2.29. The second-order valence-corrected chi connectivity index (χ2v) is 4.81. The van der Waals surface area contributed by atoms with E-state index in [0.29, 0.717) is 6.42 Å². The Morgan fingerprint density at radius 1 is 1.30 bits per heavy atom. The van der Waals surface area contributed by atoms with Crippen LogP contribution >= 0.6 is 0 Å². The van der Waals surface area contributed by atoms with E-state index >= 15 is 0 Å². The largest absolute Gasteiger partial charge is 0.433 e. The van der Waals surface area contributed by atoms with Crippen molar-refractivity contribution in [3.63, 3.8) is 0 Å². The number of hydrogen-bond acceptors (Lipinski definition) is 5. The molecule has 0 amide bonds. The number of aromatic nitrogens is 2. The molecular weight excluding hydrogens is 273 g/mol. The van der Waals surface area contributed by atoms with Crippen LogP contribution in [0.25, 0.3) is 0 Å². The molecule has 0 aliphatic heterocycles. The van der Waals surface area contributed by atoms with Gasteiger partial charge in [-0.25, -0.2) is 4.98 Å². The highest BCUT2D eigenvalue weighted by molar-refractivity contribution is 5.43. The molecule has 1 atom stereocenters. The van der Waals surface area contributed by atoms with Gasteiger partial charge in [-0.1, -0.05) is 13.3 Å². The van der Waals surface area contributed by atoms with E-state index in [1.54, 1.807) is 6.92 Å². The molecule has 1 unspecified atom stereocenters. The minimum Gasteiger partial charge on any atom is -0.388 e. The third-order valence-corrected chi connectivity index (χ3v) is 2.68. The van der Waals surface area contributed by atoms with Crippen molar-refractivity contribution in [3.8, 4) is 0 Å². The standard InChI is InChI=1S/C12H19F3N4O/c1-4-5-11(2,20)7-17-9-6-8(12(13,14)15)18-10(16-3)19-9/h6,20H,4-5,7H2,1-3H3,(H2,16,17,18,19). The lowest BCUT2D eigenvalue weighted by molar-refractivity contribution is -0.141. The van der Waals surface area contributed by atoms with Crippen molar-refractivity contribution in [1.29, 1.82) is 0 Å². The van der Waals surface area contributed by atoms with Gasteiger partial charge < -0.3 is 15.7 Å². The predicted molar refractivity (Wildman–Crippen MR) is 70.6 cm³/mol. The summed E-state index contributed by atoms with van der Waals surface area (Å²) in [6.07, 6.45) is -3.24. The van der Waals surface area contributed by atoms with Gasteiger partial charge in [-0.2, -0.15) is 18.2 Å². The van der Waals surface area contributed by atoms with Gasteiger partial charge in [0, 0.05) is 19.7 Å². The van der Waals surface area contributed by atoms with Crippen LogP contribution < -0.4 is 10.6 Å². The number of rotatable bonds is 6. The van der Waals surface area contributed by atoms with E-state index in [4.69, 9.17) is 0 Å². The molecule has 1 heterocycles. The summed E-state index contributed by atoms with van der Waals surface area (Å²) in [5.74, 6) is -0.106. The maximum Gasteiger partial charge on any atom is 0.433 e. The van der Waals surface area contributed by atoms with E-state index < -0.39 is 17.5 Å². The normalized spacial score (nSPS) is 14.8. The lowest BCUT2D eigenvalue weighted by atomic mass is 10.0. The van der Waals surface area contributed by atoms with Crippen molar-refractivity contribution >= 4 is 11.8 Å². The van der Waals surface area contributed by atoms with Gasteiger partial charge in [-0.15, -0.1) is 0 Å². The summed E-state index contributed by atoms with van der Waals surface area (Å²) < 4.78 is 38.1. The van der Waals surface area contributed by atoms with Gasteiger partial charge in [0.05, 0.1) is 5.60 Å². The van der Waals surface area contributed by atoms with Gasteiger partial charge in [-0.05, 0) is 13.3 Å².